The van der Waals surface area contributed by atoms with E-state index in [9.17, 15) is 9.59 Å². The second-order valence-corrected chi connectivity index (χ2v) is 8.70. The van der Waals surface area contributed by atoms with Crippen LogP contribution in [0.15, 0.2) is 18.2 Å². The first-order chi connectivity index (χ1) is 13.6. The number of ether oxygens (including phenoxy) is 2. The molecule has 2 aliphatic carbocycles. The van der Waals surface area contributed by atoms with Crippen LogP contribution in [0.4, 0.5) is 5.69 Å². The van der Waals surface area contributed by atoms with Crippen molar-refractivity contribution in [3.63, 3.8) is 0 Å². The lowest BCUT2D eigenvalue weighted by Crippen LogP contribution is -2.42. The summed E-state index contributed by atoms with van der Waals surface area (Å²) in [6, 6.07) is 5.65. The van der Waals surface area contributed by atoms with Crippen LogP contribution in [0.2, 0.25) is 0 Å². The molecule has 6 heteroatoms. The number of anilines is 1. The average Bonchev–Trinajstić information content (AvgIpc) is 3.50. The number of amides is 2. The lowest BCUT2D eigenvalue weighted by molar-refractivity contribution is -0.135. The summed E-state index contributed by atoms with van der Waals surface area (Å²) >= 11 is 0. The zero-order valence-corrected chi connectivity index (χ0v) is 16.2. The minimum absolute atomic E-state index is 0.0322. The van der Waals surface area contributed by atoms with Crippen LogP contribution < -0.4 is 14.8 Å². The first-order valence-electron chi connectivity index (χ1n) is 10.7. The molecule has 28 heavy (non-hydrogen) atoms. The maximum atomic E-state index is 12.7. The van der Waals surface area contributed by atoms with Crippen LogP contribution in [0.5, 0.6) is 11.5 Å². The largest absolute Gasteiger partial charge is 0.448 e. The summed E-state index contributed by atoms with van der Waals surface area (Å²) in [6.07, 6.45) is 8.85. The number of likely N-dealkylation sites (tertiary alicyclic amines) is 1. The van der Waals surface area contributed by atoms with Gasteiger partial charge in [0.2, 0.25) is 11.8 Å². The van der Waals surface area contributed by atoms with Gasteiger partial charge in [-0.1, -0.05) is 6.42 Å². The molecule has 6 nitrogen and oxygen atoms in total. The van der Waals surface area contributed by atoms with Gasteiger partial charge in [-0.3, -0.25) is 9.59 Å². The van der Waals surface area contributed by atoms with Crippen LogP contribution in [0.1, 0.15) is 57.8 Å². The lowest BCUT2D eigenvalue weighted by atomic mass is 9.94. The van der Waals surface area contributed by atoms with E-state index in [0.29, 0.717) is 13.1 Å². The molecule has 5 rings (SSSR count). The number of fused-ring (bicyclic) bond motifs is 1. The van der Waals surface area contributed by atoms with Crippen LogP contribution >= 0.6 is 0 Å². The highest BCUT2D eigenvalue weighted by Gasteiger charge is 2.42. The summed E-state index contributed by atoms with van der Waals surface area (Å²) < 4.78 is 12.3. The van der Waals surface area contributed by atoms with Crippen LogP contribution in [0, 0.1) is 11.8 Å². The predicted molar refractivity (Wildman–Crippen MR) is 104 cm³/mol. The molecule has 1 saturated heterocycles. The summed E-state index contributed by atoms with van der Waals surface area (Å²) in [5.74, 6) is 1.53. The fourth-order valence-electron chi connectivity index (χ4n) is 4.66. The Kier molecular flexibility index (Phi) is 4.44. The van der Waals surface area contributed by atoms with Crippen molar-refractivity contribution in [2.75, 3.05) is 18.4 Å². The smallest absolute Gasteiger partial charge is 0.251 e. The quantitative estimate of drug-likeness (QED) is 0.863. The minimum Gasteiger partial charge on any atom is -0.448 e. The Hall–Kier alpha value is -2.24. The molecule has 3 fully saturated rings. The Morgan fingerprint density at radius 3 is 2.36 bits per heavy atom. The van der Waals surface area contributed by atoms with Crippen molar-refractivity contribution in [2.45, 2.75) is 63.6 Å². The van der Waals surface area contributed by atoms with Gasteiger partial charge in [-0.05, 0) is 50.7 Å². The number of hydrogen-bond acceptors (Lipinski definition) is 4. The van der Waals surface area contributed by atoms with Crippen molar-refractivity contribution in [1.29, 1.82) is 0 Å². The first-order valence-corrected chi connectivity index (χ1v) is 10.7. The summed E-state index contributed by atoms with van der Waals surface area (Å²) in [7, 11) is 0. The Balaban J connectivity index is 1.18. The molecule has 2 amide bonds. The molecule has 0 bridgehead atoms. The zero-order valence-electron chi connectivity index (χ0n) is 16.2. The normalized spacial score (nSPS) is 23.6. The molecule has 1 N–H and O–H groups in total. The Labute approximate surface area is 165 Å². The van der Waals surface area contributed by atoms with E-state index in [1.165, 1.54) is 6.42 Å². The van der Waals surface area contributed by atoms with Gasteiger partial charge < -0.3 is 19.7 Å². The Morgan fingerprint density at radius 1 is 0.929 bits per heavy atom. The number of piperidine rings is 1. The first kappa shape index (κ1) is 17.8. The number of hydrogen-bond donors (Lipinski definition) is 1. The van der Waals surface area contributed by atoms with E-state index in [-0.39, 0.29) is 23.7 Å². The average molecular weight is 384 g/mol. The standard InChI is InChI=1S/C22H28N2O4/c25-20(15-8-12-24(13-9-15)21(26)16-4-5-16)23-17-6-7-18-19(14-17)28-22(27-18)10-2-1-3-11-22/h6-7,14-16H,1-5,8-13H2,(H,23,25). The van der Waals surface area contributed by atoms with Crippen molar-refractivity contribution in [1.82, 2.24) is 4.90 Å². The second-order valence-electron chi connectivity index (χ2n) is 8.70. The molecule has 0 aromatic heterocycles. The van der Waals surface area contributed by atoms with E-state index in [1.807, 2.05) is 23.1 Å². The van der Waals surface area contributed by atoms with Crippen LogP contribution in [-0.4, -0.2) is 35.6 Å². The number of nitrogens with one attached hydrogen (secondary N) is 1. The van der Waals surface area contributed by atoms with Gasteiger partial charge in [-0.15, -0.1) is 0 Å². The maximum absolute atomic E-state index is 12.7. The van der Waals surface area contributed by atoms with E-state index in [0.717, 1.165) is 68.6 Å². The summed E-state index contributed by atoms with van der Waals surface area (Å²) in [6.45, 7) is 1.38. The van der Waals surface area contributed by atoms with Crippen molar-refractivity contribution in [3.8, 4) is 11.5 Å². The Bertz CT molecular complexity index is 775. The zero-order chi connectivity index (χ0) is 19.1. The third kappa shape index (κ3) is 3.45. The molecule has 0 atom stereocenters. The molecule has 0 radical (unpaired) electrons. The molecular formula is C22H28N2O4. The SMILES string of the molecule is O=C(Nc1ccc2c(c1)OC1(CCCCC1)O2)C1CCN(C(=O)C2CC2)CC1. The second kappa shape index (κ2) is 6.98. The van der Waals surface area contributed by atoms with Crippen LogP contribution in [0.3, 0.4) is 0 Å². The number of benzene rings is 1. The summed E-state index contributed by atoms with van der Waals surface area (Å²) in [5.41, 5.74) is 0.747. The van der Waals surface area contributed by atoms with Gasteiger partial charge in [-0.25, -0.2) is 0 Å². The van der Waals surface area contributed by atoms with E-state index < -0.39 is 5.79 Å². The van der Waals surface area contributed by atoms with Gasteiger partial charge in [0.1, 0.15) is 0 Å². The molecular weight excluding hydrogens is 356 g/mol. The van der Waals surface area contributed by atoms with Gasteiger partial charge in [0, 0.05) is 49.5 Å². The molecule has 150 valence electrons. The predicted octanol–water partition coefficient (Wildman–Crippen LogP) is 3.71. The van der Waals surface area contributed by atoms with E-state index in [4.69, 9.17) is 9.47 Å². The molecule has 2 saturated carbocycles. The lowest BCUT2D eigenvalue weighted by Gasteiger charge is -2.31. The van der Waals surface area contributed by atoms with Gasteiger partial charge in [-0.2, -0.15) is 0 Å². The van der Waals surface area contributed by atoms with Crippen LogP contribution in [0.25, 0.3) is 0 Å². The monoisotopic (exact) mass is 384 g/mol. The molecule has 1 aromatic carbocycles. The highest BCUT2D eigenvalue weighted by molar-refractivity contribution is 5.93. The van der Waals surface area contributed by atoms with Gasteiger partial charge in [0.25, 0.3) is 5.79 Å². The van der Waals surface area contributed by atoms with E-state index >= 15 is 0 Å². The van der Waals surface area contributed by atoms with Gasteiger partial charge >= 0.3 is 0 Å². The fraction of sp³-hybridized carbons (Fsp3) is 0.636. The van der Waals surface area contributed by atoms with Crippen molar-refractivity contribution in [2.24, 2.45) is 11.8 Å². The molecule has 1 spiro atoms. The number of nitrogens with zero attached hydrogens (tertiary/aromatic N) is 1. The van der Waals surface area contributed by atoms with Crippen molar-refractivity contribution < 1.29 is 19.1 Å². The third-order valence-electron chi connectivity index (χ3n) is 6.52. The van der Waals surface area contributed by atoms with Crippen LogP contribution in [-0.2, 0) is 9.59 Å². The number of rotatable bonds is 3. The topological polar surface area (TPSA) is 67.9 Å². The highest BCUT2D eigenvalue weighted by Crippen LogP contribution is 2.46. The molecule has 2 aliphatic heterocycles. The molecule has 4 aliphatic rings. The molecule has 0 unspecified atom stereocenters. The third-order valence-corrected chi connectivity index (χ3v) is 6.52. The van der Waals surface area contributed by atoms with Crippen molar-refractivity contribution >= 4 is 17.5 Å². The summed E-state index contributed by atoms with van der Waals surface area (Å²) in [5, 5.41) is 3.03. The number of carbonyl (C=O) groups is 2. The maximum Gasteiger partial charge on any atom is 0.251 e. The molecule has 2 heterocycles. The van der Waals surface area contributed by atoms with Gasteiger partial charge in [0.15, 0.2) is 11.5 Å². The van der Waals surface area contributed by atoms with E-state index in [2.05, 4.69) is 5.32 Å². The summed E-state index contributed by atoms with van der Waals surface area (Å²) in [4.78, 5) is 26.8. The van der Waals surface area contributed by atoms with E-state index in [1.54, 1.807) is 0 Å². The van der Waals surface area contributed by atoms with Gasteiger partial charge in [0.05, 0.1) is 0 Å². The highest BCUT2D eigenvalue weighted by atomic mass is 16.7. The van der Waals surface area contributed by atoms with Crippen molar-refractivity contribution in [3.05, 3.63) is 18.2 Å². The number of carbonyl (C=O) groups excluding carboxylic acids is 2. The Morgan fingerprint density at radius 2 is 1.64 bits per heavy atom. The minimum atomic E-state index is -0.496. The fourth-order valence-corrected chi connectivity index (χ4v) is 4.66. The molecule has 1 aromatic rings.